The summed E-state index contributed by atoms with van der Waals surface area (Å²) in [4.78, 5) is 32.3. The van der Waals surface area contributed by atoms with Crippen LogP contribution in [0.1, 0.15) is 11.1 Å². The van der Waals surface area contributed by atoms with Crippen LogP contribution in [0.4, 0.5) is 28.7 Å². The number of nitro benzene ring substituents is 1. The monoisotopic (exact) mass is 456 g/mol. The van der Waals surface area contributed by atoms with Gasteiger partial charge in [-0.3, -0.25) is 20.2 Å². The summed E-state index contributed by atoms with van der Waals surface area (Å²) in [5, 5.41) is 26.1. The first-order valence-electron chi connectivity index (χ1n) is 10.3. The lowest BCUT2D eigenvalue weighted by atomic mass is 10.1. The van der Waals surface area contributed by atoms with E-state index >= 15 is 0 Å². The van der Waals surface area contributed by atoms with Crippen molar-refractivity contribution in [2.45, 2.75) is 13.1 Å². The second-order valence-electron chi connectivity index (χ2n) is 7.41. The maximum absolute atomic E-state index is 12.2. The molecule has 0 bridgehead atoms. The van der Waals surface area contributed by atoms with E-state index in [1.54, 1.807) is 6.07 Å². The molecule has 3 aromatic carbocycles. The predicted octanol–water partition coefficient (Wildman–Crippen LogP) is 5.24. The zero-order valence-corrected chi connectivity index (χ0v) is 17.9. The average molecular weight is 456 g/mol. The van der Waals surface area contributed by atoms with Crippen LogP contribution in [-0.2, 0) is 13.1 Å². The molecule has 4 aromatic rings. The van der Waals surface area contributed by atoms with Crippen molar-refractivity contribution in [3.05, 3.63) is 123 Å². The number of benzene rings is 3. The highest BCUT2D eigenvalue weighted by atomic mass is 16.6. The van der Waals surface area contributed by atoms with E-state index in [1.807, 2.05) is 65.6 Å². The van der Waals surface area contributed by atoms with Crippen molar-refractivity contribution in [1.82, 2.24) is 9.97 Å². The molecule has 0 aliphatic carbocycles. The smallest absolute Gasteiger partial charge is 0.342 e. The Balaban J connectivity index is 1.75. The van der Waals surface area contributed by atoms with Gasteiger partial charge in [0.15, 0.2) is 0 Å². The van der Waals surface area contributed by atoms with E-state index in [-0.39, 0.29) is 23.0 Å². The topological polar surface area (TPSA) is 127 Å². The fourth-order valence-corrected chi connectivity index (χ4v) is 3.51. The molecule has 0 aliphatic heterocycles. The predicted molar refractivity (Wildman–Crippen MR) is 128 cm³/mol. The van der Waals surface area contributed by atoms with Gasteiger partial charge in [-0.05, 0) is 17.2 Å². The number of nitro groups is 2. The highest BCUT2D eigenvalue weighted by Gasteiger charge is 2.28. The summed E-state index contributed by atoms with van der Waals surface area (Å²) in [6.45, 7) is 0.758. The van der Waals surface area contributed by atoms with Crippen LogP contribution in [0.25, 0.3) is 0 Å². The third kappa shape index (κ3) is 5.30. The molecule has 0 saturated carbocycles. The van der Waals surface area contributed by atoms with Gasteiger partial charge in [-0.25, -0.2) is 9.97 Å². The molecule has 10 heteroatoms. The molecule has 1 heterocycles. The number of rotatable bonds is 9. The molecule has 0 amide bonds. The lowest BCUT2D eigenvalue weighted by molar-refractivity contribution is -0.384. The van der Waals surface area contributed by atoms with Crippen molar-refractivity contribution >= 4 is 28.7 Å². The van der Waals surface area contributed by atoms with Gasteiger partial charge in [0.1, 0.15) is 6.33 Å². The van der Waals surface area contributed by atoms with E-state index in [4.69, 9.17) is 0 Å². The Labute approximate surface area is 194 Å². The fourth-order valence-electron chi connectivity index (χ4n) is 3.51. The molecule has 0 saturated heterocycles. The normalized spacial score (nSPS) is 10.5. The van der Waals surface area contributed by atoms with Gasteiger partial charge in [-0.2, -0.15) is 0 Å². The largest absolute Gasteiger partial charge is 0.353 e. The first-order chi connectivity index (χ1) is 16.5. The highest BCUT2D eigenvalue weighted by Crippen LogP contribution is 2.35. The fraction of sp³-hybridized carbons (Fsp3) is 0.0833. The van der Waals surface area contributed by atoms with Crippen molar-refractivity contribution < 1.29 is 9.85 Å². The van der Waals surface area contributed by atoms with E-state index in [0.29, 0.717) is 18.8 Å². The first-order valence-corrected chi connectivity index (χ1v) is 10.3. The summed E-state index contributed by atoms with van der Waals surface area (Å²) < 4.78 is 0. The molecule has 0 atom stereocenters. The molecule has 0 aliphatic rings. The molecule has 0 fully saturated rings. The van der Waals surface area contributed by atoms with E-state index < -0.39 is 9.85 Å². The molecule has 0 spiro atoms. The molecule has 0 radical (unpaired) electrons. The molecular formula is C24H20N6O4. The lowest BCUT2D eigenvalue weighted by Crippen LogP contribution is -2.24. The summed E-state index contributed by atoms with van der Waals surface area (Å²) in [5.41, 5.74) is 1.76. The van der Waals surface area contributed by atoms with Crippen molar-refractivity contribution in [2.75, 3.05) is 10.2 Å². The molecule has 10 nitrogen and oxygen atoms in total. The lowest BCUT2D eigenvalue weighted by Gasteiger charge is -2.24. The van der Waals surface area contributed by atoms with Gasteiger partial charge < -0.3 is 10.2 Å². The average Bonchev–Trinajstić information content (AvgIpc) is 2.85. The van der Waals surface area contributed by atoms with Crippen LogP contribution in [0.15, 0.2) is 91.3 Å². The summed E-state index contributed by atoms with van der Waals surface area (Å²) in [7, 11) is 0. The Morgan fingerprint density at radius 1 is 0.765 bits per heavy atom. The summed E-state index contributed by atoms with van der Waals surface area (Å²) in [6.07, 6.45) is 1.24. The van der Waals surface area contributed by atoms with Crippen molar-refractivity contribution in [2.24, 2.45) is 0 Å². The van der Waals surface area contributed by atoms with Gasteiger partial charge in [-0.15, -0.1) is 0 Å². The quantitative estimate of drug-likeness (QED) is 0.267. The van der Waals surface area contributed by atoms with Gasteiger partial charge in [-0.1, -0.05) is 66.7 Å². The van der Waals surface area contributed by atoms with Gasteiger partial charge in [0.25, 0.3) is 5.69 Å². The first kappa shape index (κ1) is 22.3. The van der Waals surface area contributed by atoms with Gasteiger partial charge in [0.2, 0.25) is 11.6 Å². The van der Waals surface area contributed by atoms with Crippen LogP contribution in [0, 0.1) is 20.2 Å². The van der Waals surface area contributed by atoms with Crippen LogP contribution in [0.5, 0.6) is 0 Å². The summed E-state index contributed by atoms with van der Waals surface area (Å²) >= 11 is 0. The van der Waals surface area contributed by atoms with E-state index in [1.165, 1.54) is 24.5 Å². The molecule has 34 heavy (non-hydrogen) atoms. The Hall–Kier alpha value is -4.86. The standard InChI is InChI=1S/C24H20N6O4/c31-29(32)21-13-7-12-20(14-21)27-23-22(30(33)34)24(26-17-25-23)28(15-18-8-3-1-4-9-18)16-19-10-5-2-6-11-19/h1-14,17H,15-16H2,(H,25,26,27). The van der Waals surface area contributed by atoms with Crippen LogP contribution in [0.3, 0.4) is 0 Å². The summed E-state index contributed by atoms with van der Waals surface area (Å²) in [6, 6.07) is 24.9. The number of nitrogens with zero attached hydrogens (tertiary/aromatic N) is 5. The van der Waals surface area contributed by atoms with Gasteiger partial charge in [0.05, 0.1) is 9.85 Å². The van der Waals surface area contributed by atoms with E-state index in [2.05, 4.69) is 15.3 Å². The Bertz CT molecular complexity index is 1260. The summed E-state index contributed by atoms with van der Waals surface area (Å²) in [5.74, 6) is 0.0854. The zero-order chi connectivity index (χ0) is 23.9. The minimum absolute atomic E-state index is 0.0541. The van der Waals surface area contributed by atoms with Crippen LogP contribution in [0.2, 0.25) is 0 Å². The van der Waals surface area contributed by atoms with Crippen LogP contribution >= 0.6 is 0 Å². The second-order valence-corrected chi connectivity index (χ2v) is 7.41. The Morgan fingerprint density at radius 3 is 1.94 bits per heavy atom. The van der Waals surface area contributed by atoms with Crippen molar-refractivity contribution in [3.63, 3.8) is 0 Å². The molecule has 1 aromatic heterocycles. The number of nitrogens with one attached hydrogen (secondary N) is 1. The minimum Gasteiger partial charge on any atom is -0.342 e. The van der Waals surface area contributed by atoms with Crippen LogP contribution < -0.4 is 10.2 Å². The highest BCUT2D eigenvalue weighted by molar-refractivity contribution is 5.75. The molecule has 1 N–H and O–H groups in total. The SMILES string of the molecule is O=[N+]([O-])c1cccc(Nc2ncnc(N(Cc3ccccc3)Cc3ccccc3)c2[N+](=O)[O-])c1. The number of hydrogen-bond acceptors (Lipinski definition) is 8. The maximum Gasteiger partial charge on any atom is 0.353 e. The molecular weight excluding hydrogens is 436 g/mol. The Kier molecular flexibility index (Phi) is 6.68. The number of non-ortho nitro benzene ring substituents is 1. The van der Waals surface area contributed by atoms with Crippen LogP contribution in [-0.4, -0.2) is 19.8 Å². The van der Waals surface area contributed by atoms with Gasteiger partial charge in [0, 0.05) is 30.9 Å². The van der Waals surface area contributed by atoms with Gasteiger partial charge >= 0.3 is 5.69 Å². The van der Waals surface area contributed by atoms with Crippen molar-refractivity contribution in [3.8, 4) is 0 Å². The molecule has 170 valence electrons. The number of hydrogen-bond donors (Lipinski definition) is 1. The number of anilines is 3. The second kappa shape index (κ2) is 10.2. The van der Waals surface area contributed by atoms with E-state index in [9.17, 15) is 20.2 Å². The minimum atomic E-state index is -0.544. The number of aromatic nitrogens is 2. The third-order valence-corrected chi connectivity index (χ3v) is 5.04. The molecule has 4 rings (SSSR count). The van der Waals surface area contributed by atoms with E-state index in [0.717, 1.165) is 11.1 Å². The zero-order valence-electron chi connectivity index (χ0n) is 17.9. The third-order valence-electron chi connectivity index (χ3n) is 5.04. The van der Waals surface area contributed by atoms with Crippen molar-refractivity contribution in [1.29, 1.82) is 0 Å². The maximum atomic E-state index is 12.2. The Morgan fingerprint density at radius 2 is 1.38 bits per heavy atom. The molecule has 0 unspecified atom stereocenters.